The Balaban J connectivity index is 1.68. The summed E-state index contributed by atoms with van der Waals surface area (Å²) in [5.41, 5.74) is 1.74. The van der Waals surface area contributed by atoms with Gasteiger partial charge in [0.1, 0.15) is 11.9 Å². The van der Waals surface area contributed by atoms with Crippen molar-refractivity contribution < 1.29 is 17.9 Å². The largest absolute Gasteiger partial charge is 0.488 e. The van der Waals surface area contributed by atoms with E-state index in [-0.39, 0.29) is 11.9 Å². The highest BCUT2D eigenvalue weighted by atomic mass is 32.2. The monoisotopic (exact) mass is 381 g/mol. The summed E-state index contributed by atoms with van der Waals surface area (Å²) in [6.07, 6.45) is -3.96. The molecule has 1 atom stereocenters. The van der Waals surface area contributed by atoms with Crippen molar-refractivity contribution in [2.24, 2.45) is 0 Å². The summed E-state index contributed by atoms with van der Waals surface area (Å²) >= 11 is 1.33. The van der Waals surface area contributed by atoms with Gasteiger partial charge in [-0.25, -0.2) is 0 Å². The third-order valence-electron chi connectivity index (χ3n) is 4.52. The van der Waals surface area contributed by atoms with E-state index in [1.807, 2.05) is 35.6 Å². The lowest BCUT2D eigenvalue weighted by Gasteiger charge is -2.22. The summed E-state index contributed by atoms with van der Waals surface area (Å²) in [5.74, 6) is -0.111. The van der Waals surface area contributed by atoms with Crippen LogP contribution in [-0.4, -0.2) is 31.1 Å². The first kappa shape index (κ1) is 17.4. The third kappa shape index (κ3) is 3.31. The number of hydrogen-bond donors (Lipinski definition) is 1. The normalized spacial score (nSPS) is 20.2. The van der Waals surface area contributed by atoms with Crippen molar-refractivity contribution in [3.63, 3.8) is 0 Å². The molecule has 0 saturated carbocycles. The Hall–Kier alpha value is -2.06. The first-order valence-electron chi connectivity index (χ1n) is 8.30. The molecule has 4 rings (SSSR count). The number of nitrogens with one attached hydrogen (secondary N) is 1. The van der Waals surface area contributed by atoms with E-state index in [2.05, 4.69) is 9.62 Å². The summed E-state index contributed by atoms with van der Waals surface area (Å²) < 4.78 is 51.1. The van der Waals surface area contributed by atoms with Gasteiger partial charge >= 0.3 is 6.18 Å². The molecule has 2 aromatic carbocycles. The molecule has 2 aromatic rings. The fourth-order valence-corrected chi connectivity index (χ4v) is 4.05. The summed E-state index contributed by atoms with van der Waals surface area (Å²) in [6.45, 7) is 1.45. The zero-order valence-corrected chi connectivity index (χ0v) is 14.9. The zero-order chi connectivity index (χ0) is 18.3. The number of ether oxygens (including phenoxy) is 1. The van der Waals surface area contributed by atoms with Gasteiger partial charge in [-0.05, 0) is 37.7 Å². The van der Waals surface area contributed by atoms with E-state index in [4.69, 9.17) is 4.74 Å². The Labute approximate surface area is 154 Å². The van der Waals surface area contributed by atoms with E-state index in [9.17, 15) is 13.2 Å². The molecule has 0 unspecified atom stereocenters. The van der Waals surface area contributed by atoms with Crippen LogP contribution in [0.3, 0.4) is 0 Å². The minimum atomic E-state index is -4.45. The van der Waals surface area contributed by atoms with Gasteiger partial charge in [0.25, 0.3) is 0 Å². The van der Waals surface area contributed by atoms with Gasteiger partial charge in [-0.15, -0.1) is 0 Å². The highest BCUT2D eigenvalue weighted by molar-refractivity contribution is 8.02. The maximum atomic E-state index is 13.4. The lowest BCUT2D eigenvalue weighted by molar-refractivity contribution is -0.139. The van der Waals surface area contributed by atoms with Crippen molar-refractivity contribution in [2.45, 2.75) is 18.7 Å². The predicted octanol–water partition coefficient (Wildman–Crippen LogP) is 4.92. The van der Waals surface area contributed by atoms with Crippen LogP contribution < -0.4 is 13.8 Å². The number of hydrogen-bond acceptors (Lipinski definition) is 5. The van der Waals surface area contributed by atoms with Crippen LogP contribution in [0, 0.1) is 0 Å². The highest BCUT2D eigenvalue weighted by Crippen LogP contribution is 2.47. The van der Waals surface area contributed by atoms with Crippen LogP contribution in [0.5, 0.6) is 5.75 Å². The Morgan fingerprint density at radius 3 is 2.73 bits per heavy atom. The van der Waals surface area contributed by atoms with E-state index in [1.165, 1.54) is 24.3 Å². The van der Waals surface area contributed by atoms with Crippen LogP contribution in [0.2, 0.25) is 0 Å². The van der Waals surface area contributed by atoms with Gasteiger partial charge in [-0.3, -0.25) is 4.31 Å². The van der Waals surface area contributed by atoms with Crippen molar-refractivity contribution in [1.29, 1.82) is 0 Å². The summed E-state index contributed by atoms with van der Waals surface area (Å²) in [5, 5.41) is 0. The molecule has 2 heterocycles. The number of halogens is 3. The second-order valence-electron chi connectivity index (χ2n) is 6.47. The lowest BCUT2D eigenvalue weighted by Crippen LogP contribution is -2.23. The first-order chi connectivity index (χ1) is 12.4. The smallest absolute Gasteiger partial charge is 0.419 e. The van der Waals surface area contributed by atoms with Crippen LogP contribution >= 0.6 is 12.1 Å². The van der Waals surface area contributed by atoms with E-state index in [0.717, 1.165) is 30.4 Å². The molecule has 0 amide bonds. The third-order valence-corrected chi connectivity index (χ3v) is 5.42. The van der Waals surface area contributed by atoms with Gasteiger partial charge in [0, 0.05) is 19.2 Å². The minimum absolute atomic E-state index is 0.111. The van der Waals surface area contributed by atoms with Crippen LogP contribution in [-0.2, 0) is 6.18 Å². The maximum absolute atomic E-state index is 13.4. The van der Waals surface area contributed by atoms with Crippen LogP contribution in [0.4, 0.5) is 30.2 Å². The van der Waals surface area contributed by atoms with Gasteiger partial charge in [0.2, 0.25) is 0 Å². The van der Waals surface area contributed by atoms with E-state index >= 15 is 0 Å². The van der Waals surface area contributed by atoms with Crippen LogP contribution in [0.15, 0.2) is 42.5 Å². The van der Waals surface area contributed by atoms with Crippen molar-refractivity contribution in [3.05, 3.63) is 48.0 Å². The molecule has 1 N–H and O–H groups in total. The molecule has 1 saturated heterocycles. The standard InChI is InChI=1S/C18H18F3N3OS/c1-23-9-8-13(11-23)25-17-10-12(6-7-14(17)18(19,20)21)24-16-5-3-2-4-15(16)22-26-24/h2-7,10,13,22H,8-9,11H2,1H3/t13-/m1/s1. The molecule has 0 aliphatic carbocycles. The topological polar surface area (TPSA) is 27.7 Å². The average molecular weight is 381 g/mol. The number of likely N-dealkylation sites (N-methyl/N-ethyl adjacent to an activating group) is 1. The molecule has 2 aliphatic rings. The molecule has 4 nitrogen and oxygen atoms in total. The Morgan fingerprint density at radius 2 is 2.00 bits per heavy atom. The van der Waals surface area contributed by atoms with Crippen molar-refractivity contribution in [3.8, 4) is 5.75 Å². The number of para-hydroxylation sites is 2. The number of benzene rings is 2. The number of alkyl halides is 3. The second-order valence-corrected chi connectivity index (χ2v) is 7.23. The van der Waals surface area contributed by atoms with Crippen LogP contribution in [0.1, 0.15) is 12.0 Å². The zero-order valence-electron chi connectivity index (χ0n) is 14.1. The number of rotatable bonds is 3. The molecular weight excluding hydrogens is 363 g/mol. The second kappa shape index (κ2) is 6.59. The van der Waals surface area contributed by atoms with E-state index < -0.39 is 11.7 Å². The fraction of sp³-hybridized carbons (Fsp3) is 0.333. The lowest BCUT2D eigenvalue weighted by atomic mass is 10.1. The van der Waals surface area contributed by atoms with Crippen molar-refractivity contribution in [2.75, 3.05) is 29.2 Å². The van der Waals surface area contributed by atoms with Crippen molar-refractivity contribution >= 4 is 29.2 Å². The number of anilines is 3. The molecule has 26 heavy (non-hydrogen) atoms. The van der Waals surface area contributed by atoms with E-state index in [0.29, 0.717) is 12.2 Å². The Kier molecular flexibility index (Phi) is 4.40. The SMILES string of the molecule is CN1CC[C@@H](Oc2cc(N3SNc4ccccc43)ccc2C(F)(F)F)C1. The first-order valence-corrected chi connectivity index (χ1v) is 9.08. The minimum Gasteiger partial charge on any atom is -0.488 e. The van der Waals surface area contributed by atoms with Gasteiger partial charge in [-0.2, -0.15) is 13.2 Å². The average Bonchev–Trinajstić information content (AvgIpc) is 3.20. The Morgan fingerprint density at radius 1 is 1.19 bits per heavy atom. The molecule has 0 aromatic heterocycles. The summed E-state index contributed by atoms with van der Waals surface area (Å²) in [7, 11) is 1.94. The van der Waals surface area contributed by atoms with Gasteiger partial charge in [0.05, 0.1) is 34.8 Å². The molecule has 0 spiro atoms. The Bertz CT molecular complexity index is 815. The highest BCUT2D eigenvalue weighted by Gasteiger charge is 2.36. The molecule has 2 aliphatic heterocycles. The number of likely N-dealkylation sites (tertiary alicyclic amines) is 1. The summed E-state index contributed by atoms with van der Waals surface area (Å²) in [6, 6.07) is 11.7. The fourth-order valence-electron chi connectivity index (χ4n) is 3.21. The van der Waals surface area contributed by atoms with Crippen molar-refractivity contribution in [1.82, 2.24) is 4.90 Å². The molecule has 0 bridgehead atoms. The molecule has 138 valence electrons. The van der Waals surface area contributed by atoms with Crippen LogP contribution in [0.25, 0.3) is 0 Å². The molecule has 0 radical (unpaired) electrons. The number of fused-ring (bicyclic) bond motifs is 1. The van der Waals surface area contributed by atoms with Gasteiger partial charge in [0.15, 0.2) is 0 Å². The maximum Gasteiger partial charge on any atom is 0.419 e. The van der Waals surface area contributed by atoms with E-state index in [1.54, 1.807) is 0 Å². The molecule has 8 heteroatoms. The molecule has 1 fully saturated rings. The number of nitrogens with zero attached hydrogens (tertiary/aromatic N) is 2. The predicted molar refractivity (Wildman–Crippen MR) is 97.8 cm³/mol. The molecular formula is C18H18F3N3OS. The van der Waals surface area contributed by atoms with Gasteiger partial charge in [-0.1, -0.05) is 12.1 Å². The van der Waals surface area contributed by atoms with Gasteiger partial charge < -0.3 is 14.4 Å². The quantitative estimate of drug-likeness (QED) is 0.763. The summed E-state index contributed by atoms with van der Waals surface area (Å²) in [4.78, 5) is 2.05.